The molecular weight excluding hydrogens is 232 g/mol. The molecule has 0 heterocycles. The van der Waals surface area contributed by atoms with Crippen molar-refractivity contribution in [2.24, 2.45) is 17.1 Å². The number of nitrogens with two attached hydrogens (primary N) is 1. The first-order valence-corrected chi connectivity index (χ1v) is 6.69. The number of carbonyl (C=O) groups is 2. The average Bonchev–Trinajstić information content (AvgIpc) is 2.35. The maximum absolute atomic E-state index is 11.7. The first kappa shape index (κ1) is 15.0. The Morgan fingerprint density at radius 2 is 1.94 bits per heavy atom. The molecule has 0 radical (unpaired) electrons. The largest absolute Gasteiger partial charge is 0.481 e. The van der Waals surface area contributed by atoms with Gasteiger partial charge in [-0.2, -0.15) is 0 Å². The van der Waals surface area contributed by atoms with Crippen LogP contribution in [0.4, 0.5) is 0 Å². The summed E-state index contributed by atoms with van der Waals surface area (Å²) in [5.74, 6) is -1.07. The summed E-state index contributed by atoms with van der Waals surface area (Å²) in [5.41, 5.74) is 5.18. The summed E-state index contributed by atoms with van der Waals surface area (Å²) in [5, 5.41) is 11.9. The first-order valence-electron chi connectivity index (χ1n) is 6.69. The number of nitrogens with one attached hydrogen (secondary N) is 1. The molecule has 5 nitrogen and oxygen atoms in total. The smallest absolute Gasteiger partial charge is 0.303 e. The van der Waals surface area contributed by atoms with Crippen LogP contribution in [-0.4, -0.2) is 30.1 Å². The maximum atomic E-state index is 11.7. The Kier molecular flexibility index (Phi) is 5.59. The van der Waals surface area contributed by atoms with Gasteiger partial charge >= 0.3 is 5.97 Å². The van der Waals surface area contributed by atoms with Crippen LogP contribution in [-0.2, 0) is 9.59 Å². The van der Waals surface area contributed by atoms with E-state index in [1.165, 1.54) is 0 Å². The van der Waals surface area contributed by atoms with Gasteiger partial charge in [-0.3, -0.25) is 9.59 Å². The van der Waals surface area contributed by atoms with Crippen LogP contribution in [0.3, 0.4) is 0 Å². The van der Waals surface area contributed by atoms with E-state index in [0.717, 1.165) is 32.1 Å². The van der Waals surface area contributed by atoms with Crippen LogP contribution in [0.5, 0.6) is 0 Å². The van der Waals surface area contributed by atoms with Crippen LogP contribution >= 0.6 is 0 Å². The van der Waals surface area contributed by atoms with Gasteiger partial charge in [0.05, 0.1) is 6.42 Å². The number of carboxylic acids is 1. The fraction of sp³-hybridized carbons (Fsp3) is 0.846. The first-order chi connectivity index (χ1) is 8.49. The van der Waals surface area contributed by atoms with Crippen molar-refractivity contribution in [2.45, 2.75) is 45.4 Å². The predicted molar refractivity (Wildman–Crippen MR) is 69.0 cm³/mol. The van der Waals surface area contributed by atoms with Gasteiger partial charge in [0.25, 0.3) is 0 Å². The van der Waals surface area contributed by atoms with Gasteiger partial charge in [-0.05, 0) is 18.3 Å². The highest BCUT2D eigenvalue weighted by atomic mass is 16.4. The highest BCUT2D eigenvalue weighted by Gasteiger charge is 2.34. The molecular formula is C13H24N2O3. The van der Waals surface area contributed by atoms with E-state index in [-0.39, 0.29) is 23.7 Å². The summed E-state index contributed by atoms with van der Waals surface area (Å²) in [6.45, 7) is 2.56. The Balaban J connectivity index is 2.56. The molecule has 4 N–H and O–H groups in total. The topological polar surface area (TPSA) is 92.4 Å². The van der Waals surface area contributed by atoms with Gasteiger partial charge in [0.1, 0.15) is 0 Å². The van der Waals surface area contributed by atoms with Crippen molar-refractivity contribution >= 4 is 11.9 Å². The third-order valence-electron chi connectivity index (χ3n) is 3.88. The van der Waals surface area contributed by atoms with Gasteiger partial charge in [0, 0.05) is 19.0 Å². The van der Waals surface area contributed by atoms with Crippen molar-refractivity contribution in [3.63, 3.8) is 0 Å². The van der Waals surface area contributed by atoms with Crippen LogP contribution in [0.1, 0.15) is 45.4 Å². The number of carboxylic acid groups (broad SMARTS) is 1. The number of amides is 1. The SMILES string of the molecule is CC(CN)C(=O)NCC1(CC(=O)O)CCCCC1. The van der Waals surface area contributed by atoms with Gasteiger partial charge in [0.15, 0.2) is 0 Å². The van der Waals surface area contributed by atoms with Crippen molar-refractivity contribution in [2.75, 3.05) is 13.1 Å². The van der Waals surface area contributed by atoms with E-state index >= 15 is 0 Å². The van der Waals surface area contributed by atoms with Crippen LogP contribution in [0.2, 0.25) is 0 Å². The Morgan fingerprint density at radius 3 is 2.44 bits per heavy atom. The molecule has 0 aromatic heterocycles. The van der Waals surface area contributed by atoms with Crippen molar-refractivity contribution in [3.05, 3.63) is 0 Å². The van der Waals surface area contributed by atoms with Crippen LogP contribution in [0.15, 0.2) is 0 Å². The van der Waals surface area contributed by atoms with E-state index in [2.05, 4.69) is 5.32 Å². The molecule has 0 spiro atoms. The van der Waals surface area contributed by atoms with Crippen molar-refractivity contribution in [3.8, 4) is 0 Å². The minimum absolute atomic E-state index is 0.0761. The Morgan fingerprint density at radius 1 is 1.33 bits per heavy atom. The van der Waals surface area contributed by atoms with Gasteiger partial charge in [-0.15, -0.1) is 0 Å². The van der Waals surface area contributed by atoms with Crippen LogP contribution in [0.25, 0.3) is 0 Å². The summed E-state index contributed by atoms with van der Waals surface area (Å²) in [4.78, 5) is 22.7. The number of rotatable bonds is 6. The Bertz CT molecular complexity index is 299. The lowest BCUT2D eigenvalue weighted by molar-refractivity contribution is -0.141. The average molecular weight is 256 g/mol. The molecule has 1 unspecified atom stereocenters. The predicted octanol–water partition coefficient (Wildman–Crippen LogP) is 1.12. The number of carbonyl (C=O) groups excluding carboxylic acids is 1. The van der Waals surface area contributed by atoms with Crippen LogP contribution in [0, 0.1) is 11.3 Å². The molecule has 0 aliphatic heterocycles. The van der Waals surface area contributed by atoms with Gasteiger partial charge in [0.2, 0.25) is 5.91 Å². The molecule has 1 amide bonds. The second-order valence-corrected chi connectivity index (χ2v) is 5.49. The van der Waals surface area contributed by atoms with E-state index in [1.54, 1.807) is 6.92 Å². The van der Waals surface area contributed by atoms with Crippen LogP contribution < -0.4 is 11.1 Å². The quantitative estimate of drug-likeness (QED) is 0.664. The molecule has 0 aromatic rings. The third kappa shape index (κ3) is 4.29. The minimum atomic E-state index is -0.780. The Labute approximate surface area is 108 Å². The summed E-state index contributed by atoms with van der Waals surface area (Å²) < 4.78 is 0. The highest BCUT2D eigenvalue weighted by molar-refractivity contribution is 5.78. The molecule has 18 heavy (non-hydrogen) atoms. The highest BCUT2D eigenvalue weighted by Crippen LogP contribution is 2.38. The van der Waals surface area contributed by atoms with E-state index in [4.69, 9.17) is 10.8 Å². The van der Waals surface area contributed by atoms with E-state index in [9.17, 15) is 9.59 Å². The zero-order valence-electron chi connectivity index (χ0n) is 11.1. The third-order valence-corrected chi connectivity index (χ3v) is 3.88. The fourth-order valence-corrected chi connectivity index (χ4v) is 2.59. The second kappa shape index (κ2) is 6.73. The maximum Gasteiger partial charge on any atom is 0.303 e. The number of hydrogen-bond donors (Lipinski definition) is 3. The standard InChI is InChI=1S/C13H24N2O3/c1-10(8-14)12(18)15-9-13(7-11(16)17)5-3-2-4-6-13/h10H,2-9,14H2,1H3,(H,15,18)(H,16,17). The molecule has 0 aromatic carbocycles. The minimum Gasteiger partial charge on any atom is -0.481 e. The Hall–Kier alpha value is -1.10. The molecule has 5 heteroatoms. The molecule has 1 fully saturated rings. The lowest BCUT2D eigenvalue weighted by atomic mass is 9.71. The zero-order valence-corrected chi connectivity index (χ0v) is 11.1. The fourth-order valence-electron chi connectivity index (χ4n) is 2.59. The summed E-state index contributed by atoms with van der Waals surface area (Å²) >= 11 is 0. The van der Waals surface area contributed by atoms with E-state index in [0.29, 0.717) is 13.1 Å². The van der Waals surface area contributed by atoms with Gasteiger partial charge in [-0.1, -0.05) is 26.2 Å². The summed E-state index contributed by atoms with van der Waals surface area (Å²) in [6, 6.07) is 0. The molecule has 0 bridgehead atoms. The lowest BCUT2D eigenvalue weighted by Crippen LogP contribution is -2.43. The second-order valence-electron chi connectivity index (χ2n) is 5.49. The van der Waals surface area contributed by atoms with Crippen molar-refractivity contribution < 1.29 is 14.7 Å². The van der Waals surface area contributed by atoms with Gasteiger partial charge in [-0.25, -0.2) is 0 Å². The zero-order chi connectivity index (χ0) is 13.6. The molecule has 104 valence electrons. The number of aliphatic carboxylic acids is 1. The molecule has 1 aliphatic rings. The van der Waals surface area contributed by atoms with Gasteiger partial charge < -0.3 is 16.2 Å². The molecule has 1 rings (SSSR count). The molecule has 1 aliphatic carbocycles. The molecule has 0 saturated heterocycles. The number of hydrogen-bond acceptors (Lipinski definition) is 3. The monoisotopic (exact) mass is 256 g/mol. The lowest BCUT2D eigenvalue weighted by Gasteiger charge is -2.36. The normalized spacial score (nSPS) is 20.1. The van der Waals surface area contributed by atoms with Crippen molar-refractivity contribution in [1.29, 1.82) is 0 Å². The molecule has 1 atom stereocenters. The van der Waals surface area contributed by atoms with Crippen molar-refractivity contribution in [1.82, 2.24) is 5.32 Å². The molecule has 1 saturated carbocycles. The summed E-state index contributed by atoms with van der Waals surface area (Å²) in [6.07, 6.45) is 5.18. The van der Waals surface area contributed by atoms with E-state index < -0.39 is 5.97 Å². The summed E-state index contributed by atoms with van der Waals surface area (Å²) in [7, 11) is 0. The van der Waals surface area contributed by atoms with E-state index in [1.807, 2.05) is 0 Å².